The average Bonchev–Trinajstić information content (AvgIpc) is 2.80. The number of hydrogen-bond acceptors (Lipinski definition) is 6. The highest BCUT2D eigenvalue weighted by Crippen LogP contribution is 2.24. The van der Waals surface area contributed by atoms with Crippen molar-refractivity contribution in [2.45, 2.75) is 31.3 Å². The van der Waals surface area contributed by atoms with Crippen molar-refractivity contribution >= 4 is 21.6 Å². The van der Waals surface area contributed by atoms with Crippen LogP contribution in [0.3, 0.4) is 0 Å². The molecule has 9 heteroatoms. The third-order valence-electron chi connectivity index (χ3n) is 5.60. The maximum Gasteiger partial charge on any atom is 0.243 e. The van der Waals surface area contributed by atoms with Crippen molar-refractivity contribution in [3.05, 3.63) is 59.2 Å². The van der Waals surface area contributed by atoms with E-state index in [0.29, 0.717) is 49.7 Å². The van der Waals surface area contributed by atoms with Crippen molar-refractivity contribution < 1.29 is 17.9 Å². The molecule has 2 aromatic rings. The zero-order valence-corrected chi connectivity index (χ0v) is 19.4. The van der Waals surface area contributed by atoms with Gasteiger partial charge in [-0.05, 0) is 56.3 Å². The van der Waals surface area contributed by atoms with E-state index in [4.69, 9.17) is 10.00 Å². The molecule has 0 spiro atoms. The van der Waals surface area contributed by atoms with Crippen LogP contribution in [0.4, 0.5) is 5.69 Å². The van der Waals surface area contributed by atoms with Crippen molar-refractivity contribution in [1.82, 2.24) is 9.21 Å². The Hall–Kier alpha value is -2.77. The minimum atomic E-state index is -3.67. The molecule has 0 bridgehead atoms. The van der Waals surface area contributed by atoms with Crippen LogP contribution < -0.4 is 5.32 Å². The maximum atomic E-state index is 13.1. The van der Waals surface area contributed by atoms with Crippen molar-refractivity contribution in [2.24, 2.45) is 0 Å². The van der Waals surface area contributed by atoms with Gasteiger partial charge in [-0.15, -0.1) is 0 Å². The number of nitriles is 1. The van der Waals surface area contributed by atoms with Crippen LogP contribution >= 0.6 is 0 Å². The number of hydrogen-bond donors (Lipinski definition) is 1. The molecule has 1 N–H and O–H groups in total. The molecule has 8 nitrogen and oxygen atoms in total. The first kappa shape index (κ1) is 23.9. The summed E-state index contributed by atoms with van der Waals surface area (Å²) in [6.07, 6.45) is 0. The zero-order valence-electron chi connectivity index (χ0n) is 18.5. The van der Waals surface area contributed by atoms with Gasteiger partial charge in [-0.3, -0.25) is 9.69 Å². The standard InChI is InChI=1S/C23H28N4O4S/c1-17-4-9-21(14-22(17)32(29,30)27-10-12-31-13-11-27)25-23(28)18(2)26(3)16-20-7-5-19(15-24)6-8-20/h4-9,14,18H,10-13,16H2,1-3H3,(H,25,28). The molecular formula is C23H28N4O4S. The molecule has 32 heavy (non-hydrogen) atoms. The second-order valence-corrected chi connectivity index (χ2v) is 9.79. The van der Waals surface area contributed by atoms with Gasteiger partial charge in [0.15, 0.2) is 0 Å². The number of nitrogens with one attached hydrogen (secondary N) is 1. The van der Waals surface area contributed by atoms with E-state index in [1.807, 2.05) is 24.1 Å². The average molecular weight is 457 g/mol. The van der Waals surface area contributed by atoms with E-state index < -0.39 is 16.1 Å². The fraction of sp³-hybridized carbons (Fsp3) is 0.391. The van der Waals surface area contributed by atoms with E-state index in [1.54, 1.807) is 38.1 Å². The fourth-order valence-corrected chi connectivity index (χ4v) is 5.10. The molecule has 0 saturated carbocycles. The molecular weight excluding hydrogens is 428 g/mol. The minimum Gasteiger partial charge on any atom is -0.379 e. The Morgan fingerprint density at radius 3 is 2.50 bits per heavy atom. The summed E-state index contributed by atoms with van der Waals surface area (Å²) in [5.41, 5.74) is 2.64. The van der Waals surface area contributed by atoms with Gasteiger partial charge in [0.25, 0.3) is 0 Å². The first-order chi connectivity index (χ1) is 15.2. The van der Waals surface area contributed by atoms with Crippen LogP contribution in [0.15, 0.2) is 47.4 Å². The van der Waals surface area contributed by atoms with Gasteiger partial charge in [0.05, 0.1) is 35.8 Å². The number of rotatable bonds is 7. The molecule has 170 valence electrons. The minimum absolute atomic E-state index is 0.191. The second-order valence-electron chi connectivity index (χ2n) is 7.89. The van der Waals surface area contributed by atoms with E-state index >= 15 is 0 Å². The SMILES string of the molecule is Cc1ccc(NC(=O)C(C)N(C)Cc2ccc(C#N)cc2)cc1S(=O)(=O)N1CCOCC1. The van der Waals surface area contributed by atoms with Crippen LogP contribution in [0.5, 0.6) is 0 Å². The van der Waals surface area contributed by atoms with E-state index in [-0.39, 0.29) is 10.8 Å². The van der Waals surface area contributed by atoms with Gasteiger partial charge in [-0.25, -0.2) is 8.42 Å². The first-order valence-corrected chi connectivity index (χ1v) is 11.8. The number of carbonyl (C=O) groups excluding carboxylic acids is 1. The summed E-state index contributed by atoms with van der Waals surface area (Å²) < 4.78 is 32.8. The van der Waals surface area contributed by atoms with Crippen molar-refractivity contribution in [3.8, 4) is 6.07 Å². The van der Waals surface area contributed by atoms with Crippen LogP contribution in [-0.2, 0) is 26.1 Å². The third kappa shape index (κ3) is 5.53. The van der Waals surface area contributed by atoms with E-state index in [0.717, 1.165) is 5.56 Å². The van der Waals surface area contributed by atoms with Crippen LogP contribution in [0.1, 0.15) is 23.6 Å². The van der Waals surface area contributed by atoms with Gasteiger partial charge < -0.3 is 10.1 Å². The predicted molar refractivity (Wildman–Crippen MR) is 121 cm³/mol. The normalized spacial score (nSPS) is 15.8. The van der Waals surface area contributed by atoms with Gasteiger partial charge in [-0.1, -0.05) is 18.2 Å². The van der Waals surface area contributed by atoms with Gasteiger partial charge in [0.2, 0.25) is 15.9 Å². The van der Waals surface area contributed by atoms with Crippen LogP contribution in [0.2, 0.25) is 0 Å². The molecule has 1 unspecified atom stereocenters. The summed E-state index contributed by atoms with van der Waals surface area (Å²) in [6.45, 7) is 5.44. The topological polar surface area (TPSA) is 103 Å². The lowest BCUT2D eigenvalue weighted by atomic mass is 10.1. The number of benzene rings is 2. The van der Waals surface area contributed by atoms with Gasteiger partial charge in [0.1, 0.15) is 0 Å². The highest BCUT2D eigenvalue weighted by Gasteiger charge is 2.28. The van der Waals surface area contributed by atoms with Crippen molar-refractivity contribution in [3.63, 3.8) is 0 Å². The van der Waals surface area contributed by atoms with Gasteiger partial charge in [-0.2, -0.15) is 9.57 Å². The van der Waals surface area contributed by atoms with Crippen molar-refractivity contribution in [1.29, 1.82) is 5.26 Å². The summed E-state index contributed by atoms with van der Waals surface area (Å²) in [5.74, 6) is -0.236. The Balaban J connectivity index is 1.70. The second kappa shape index (κ2) is 10.2. The molecule has 1 aliphatic rings. The third-order valence-corrected chi connectivity index (χ3v) is 7.64. The van der Waals surface area contributed by atoms with Crippen molar-refractivity contribution in [2.75, 3.05) is 38.7 Å². The molecule has 0 radical (unpaired) electrons. The largest absolute Gasteiger partial charge is 0.379 e. The van der Waals surface area contributed by atoms with E-state index in [1.165, 1.54) is 10.4 Å². The lowest BCUT2D eigenvalue weighted by molar-refractivity contribution is -0.120. The Bertz CT molecular complexity index is 1100. The zero-order chi connectivity index (χ0) is 23.3. The summed E-state index contributed by atoms with van der Waals surface area (Å²) in [5, 5.41) is 11.8. The number of carbonyl (C=O) groups is 1. The molecule has 0 aromatic heterocycles. The fourth-order valence-electron chi connectivity index (χ4n) is 3.44. The number of ether oxygens (including phenoxy) is 1. The van der Waals surface area contributed by atoms with Gasteiger partial charge >= 0.3 is 0 Å². The number of sulfonamides is 1. The summed E-state index contributed by atoms with van der Waals surface area (Å²) in [6, 6.07) is 13.8. The summed E-state index contributed by atoms with van der Waals surface area (Å²) in [4.78, 5) is 14.9. The number of aryl methyl sites for hydroxylation is 1. The number of nitrogens with zero attached hydrogens (tertiary/aromatic N) is 3. The number of morpholine rings is 1. The molecule has 1 heterocycles. The summed E-state index contributed by atoms with van der Waals surface area (Å²) in [7, 11) is -1.83. The lowest BCUT2D eigenvalue weighted by Gasteiger charge is -2.27. The highest BCUT2D eigenvalue weighted by atomic mass is 32.2. The predicted octanol–water partition coefficient (Wildman–Crippen LogP) is 2.35. The Kier molecular flexibility index (Phi) is 7.64. The monoisotopic (exact) mass is 456 g/mol. The number of amides is 1. The smallest absolute Gasteiger partial charge is 0.243 e. The molecule has 1 amide bonds. The lowest BCUT2D eigenvalue weighted by Crippen LogP contribution is -2.41. The maximum absolute atomic E-state index is 13.1. The quantitative estimate of drug-likeness (QED) is 0.686. The van der Waals surface area contributed by atoms with Crippen LogP contribution in [-0.4, -0.2) is 62.9 Å². The van der Waals surface area contributed by atoms with Gasteiger partial charge in [0, 0.05) is 25.3 Å². The molecule has 1 aliphatic heterocycles. The number of anilines is 1. The van der Waals surface area contributed by atoms with E-state index in [9.17, 15) is 13.2 Å². The molecule has 1 fully saturated rings. The number of likely N-dealkylation sites (N-methyl/N-ethyl adjacent to an activating group) is 1. The van der Waals surface area contributed by atoms with Crippen LogP contribution in [0, 0.1) is 18.3 Å². The molecule has 1 saturated heterocycles. The molecule has 1 atom stereocenters. The van der Waals surface area contributed by atoms with E-state index in [2.05, 4.69) is 11.4 Å². The first-order valence-electron chi connectivity index (χ1n) is 10.4. The molecule has 2 aromatic carbocycles. The molecule has 0 aliphatic carbocycles. The summed E-state index contributed by atoms with van der Waals surface area (Å²) >= 11 is 0. The Labute approximate surface area is 189 Å². The highest BCUT2D eigenvalue weighted by molar-refractivity contribution is 7.89. The van der Waals surface area contributed by atoms with Crippen LogP contribution in [0.25, 0.3) is 0 Å². The molecule has 3 rings (SSSR count). The Morgan fingerprint density at radius 2 is 1.88 bits per heavy atom. The Morgan fingerprint density at radius 1 is 1.22 bits per heavy atom.